The van der Waals surface area contributed by atoms with Gasteiger partial charge in [0, 0.05) is 21.4 Å². The minimum atomic E-state index is -0.448. The predicted molar refractivity (Wildman–Crippen MR) is 187 cm³/mol. The fraction of sp³-hybridized carbons (Fsp3) is 0.0256. The zero-order valence-corrected chi connectivity index (χ0v) is 26.3. The standard InChI is InChI=1S/C39H26Br2N2/c40-31-17-21-33(22-18-31)42-25-27-9-13-29(14-10-27)39(37-7-3-1-5-35(37)36-6-2-4-8-38(36)39)30-15-11-28(12-16-30)26-43-34-23-19-32(41)20-24-34/h1-26H. The van der Waals surface area contributed by atoms with Gasteiger partial charge in [-0.15, -0.1) is 0 Å². The zero-order valence-electron chi connectivity index (χ0n) is 23.2. The van der Waals surface area contributed by atoms with Gasteiger partial charge in [-0.2, -0.15) is 0 Å². The largest absolute Gasteiger partial charge is 0.256 e. The van der Waals surface area contributed by atoms with Crippen LogP contribution in [0.3, 0.4) is 0 Å². The normalized spacial score (nSPS) is 13.3. The molecular weight excluding hydrogens is 656 g/mol. The monoisotopic (exact) mass is 680 g/mol. The number of benzene rings is 6. The van der Waals surface area contributed by atoms with E-state index in [9.17, 15) is 0 Å². The predicted octanol–water partition coefficient (Wildman–Crippen LogP) is 11.1. The van der Waals surface area contributed by atoms with Crippen LogP contribution in [0.5, 0.6) is 0 Å². The molecule has 0 unspecified atom stereocenters. The third-order valence-electron chi connectivity index (χ3n) is 8.02. The Labute approximate surface area is 268 Å². The van der Waals surface area contributed by atoms with Gasteiger partial charge in [0.1, 0.15) is 0 Å². The van der Waals surface area contributed by atoms with E-state index < -0.39 is 5.41 Å². The maximum absolute atomic E-state index is 4.68. The molecule has 6 aromatic rings. The first-order valence-corrected chi connectivity index (χ1v) is 15.7. The number of hydrogen-bond donors (Lipinski definition) is 0. The van der Waals surface area contributed by atoms with Crippen LogP contribution in [-0.2, 0) is 5.41 Å². The van der Waals surface area contributed by atoms with E-state index in [0.29, 0.717) is 0 Å². The highest BCUT2D eigenvalue weighted by Gasteiger charge is 2.45. The van der Waals surface area contributed by atoms with Crippen molar-refractivity contribution in [3.05, 3.63) is 188 Å². The molecule has 0 aromatic heterocycles. The molecule has 7 rings (SSSR count). The van der Waals surface area contributed by atoms with E-state index in [1.165, 1.54) is 33.4 Å². The quantitative estimate of drug-likeness (QED) is 0.156. The van der Waals surface area contributed by atoms with Crippen LogP contribution in [-0.4, -0.2) is 12.4 Å². The summed E-state index contributed by atoms with van der Waals surface area (Å²) in [5, 5.41) is 0. The topological polar surface area (TPSA) is 24.7 Å². The van der Waals surface area contributed by atoms with Crippen LogP contribution in [0.25, 0.3) is 11.1 Å². The van der Waals surface area contributed by atoms with Crippen molar-refractivity contribution in [3.8, 4) is 11.1 Å². The molecule has 206 valence electrons. The Hall–Kier alpha value is -4.38. The van der Waals surface area contributed by atoms with Crippen LogP contribution in [0, 0.1) is 0 Å². The smallest absolute Gasteiger partial charge is 0.0713 e. The summed E-state index contributed by atoms with van der Waals surface area (Å²) >= 11 is 6.99. The van der Waals surface area contributed by atoms with Crippen LogP contribution >= 0.6 is 31.9 Å². The highest BCUT2D eigenvalue weighted by atomic mass is 79.9. The molecule has 43 heavy (non-hydrogen) atoms. The van der Waals surface area contributed by atoms with E-state index in [2.05, 4.69) is 139 Å². The first-order valence-electron chi connectivity index (χ1n) is 14.1. The molecule has 0 heterocycles. The summed E-state index contributed by atoms with van der Waals surface area (Å²) < 4.78 is 2.09. The molecule has 0 atom stereocenters. The maximum atomic E-state index is 4.68. The number of nitrogens with zero attached hydrogens (tertiary/aromatic N) is 2. The van der Waals surface area contributed by atoms with E-state index in [0.717, 1.165) is 31.4 Å². The molecular formula is C39H26Br2N2. The van der Waals surface area contributed by atoms with Crippen LogP contribution in [0.15, 0.2) is 165 Å². The molecule has 0 radical (unpaired) electrons. The minimum absolute atomic E-state index is 0.448. The molecule has 0 aliphatic heterocycles. The Bertz CT molecular complexity index is 1810. The SMILES string of the molecule is Brc1ccc(N=Cc2ccc(C3(c4ccc(C=Nc5ccc(Br)cc5)cc4)c4ccccc4-c4ccccc43)cc2)cc1. The second-order valence-corrected chi connectivity index (χ2v) is 12.4. The van der Waals surface area contributed by atoms with Gasteiger partial charge in [0.05, 0.1) is 16.8 Å². The molecule has 0 fully saturated rings. The molecule has 0 spiro atoms. The Balaban J connectivity index is 1.31. The summed E-state index contributed by atoms with van der Waals surface area (Å²) in [6, 6.07) is 51.4. The number of fused-ring (bicyclic) bond motifs is 3. The summed E-state index contributed by atoms with van der Waals surface area (Å²) in [4.78, 5) is 9.37. The summed E-state index contributed by atoms with van der Waals surface area (Å²) in [5.41, 5.74) is 11.1. The number of hydrogen-bond acceptors (Lipinski definition) is 2. The molecule has 0 saturated carbocycles. The van der Waals surface area contributed by atoms with Crippen molar-refractivity contribution in [3.63, 3.8) is 0 Å². The van der Waals surface area contributed by atoms with Crippen LogP contribution in [0.2, 0.25) is 0 Å². The van der Waals surface area contributed by atoms with E-state index in [1.807, 2.05) is 61.0 Å². The molecule has 0 saturated heterocycles. The highest BCUT2D eigenvalue weighted by molar-refractivity contribution is 9.10. The second kappa shape index (κ2) is 11.7. The van der Waals surface area contributed by atoms with Gasteiger partial charge in [-0.25, -0.2) is 0 Å². The number of rotatable bonds is 6. The molecule has 2 nitrogen and oxygen atoms in total. The van der Waals surface area contributed by atoms with Gasteiger partial charge in [0.15, 0.2) is 0 Å². The van der Waals surface area contributed by atoms with Crippen LogP contribution < -0.4 is 0 Å². The third-order valence-corrected chi connectivity index (χ3v) is 9.08. The molecule has 1 aliphatic carbocycles. The lowest BCUT2D eigenvalue weighted by molar-refractivity contribution is 0.768. The fourth-order valence-corrected chi connectivity index (χ4v) is 6.54. The molecule has 0 bridgehead atoms. The molecule has 4 heteroatoms. The average Bonchev–Trinajstić information content (AvgIpc) is 3.36. The van der Waals surface area contributed by atoms with Gasteiger partial charge in [-0.3, -0.25) is 9.98 Å². The van der Waals surface area contributed by atoms with E-state index in [4.69, 9.17) is 0 Å². The Morgan fingerprint density at radius 2 is 0.791 bits per heavy atom. The summed E-state index contributed by atoms with van der Waals surface area (Å²) in [6.07, 6.45) is 3.85. The van der Waals surface area contributed by atoms with E-state index >= 15 is 0 Å². The van der Waals surface area contributed by atoms with Gasteiger partial charge in [-0.1, -0.05) is 129 Å². The first kappa shape index (κ1) is 27.5. The maximum Gasteiger partial charge on any atom is 0.0713 e. The van der Waals surface area contributed by atoms with Crippen molar-refractivity contribution < 1.29 is 0 Å². The molecule has 1 aliphatic rings. The first-order chi connectivity index (χ1) is 21.1. The van der Waals surface area contributed by atoms with Crippen molar-refractivity contribution >= 4 is 55.7 Å². The van der Waals surface area contributed by atoms with Crippen LogP contribution in [0.4, 0.5) is 11.4 Å². The number of aliphatic imine (C=N–C) groups is 2. The minimum Gasteiger partial charge on any atom is -0.256 e. The average molecular weight is 682 g/mol. The van der Waals surface area contributed by atoms with Gasteiger partial charge < -0.3 is 0 Å². The molecule has 0 N–H and O–H groups in total. The highest BCUT2D eigenvalue weighted by Crippen LogP contribution is 2.55. The van der Waals surface area contributed by atoms with Crippen molar-refractivity contribution in [1.82, 2.24) is 0 Å². The van der Waals surface area contributed by atoms with Crippen molar-refractivity contribution in [2.24, 2.45) is 9.98 Å². The molecule has 0 amide bonds. The summed E-state index contributed by atoms with van der Waals surface area (Å²) in [7, 11) is 0. The summed E-state index contributed by atoms with van der Waals surface area (Å²) in [5.74, 6) is 0. The van der Waals surface area contributed by atoms with E-state index in [1.54, 1.807) is 0 Å². The van der Waals surface area contributed by atoms with Gasteiger partial charge in [0.2, 0.25) is 0 Å². The van der Waals surface area contributed by atoms with Crippen LogP contribution in [0.1, 0.15) is 33.4 Å². The lowest BCUT2D eigenvalue weighted by atomic mass is 9.67. The molecule has 6 aromatic carbocycles. The van der Waals surface area contributed by atoms with Gasteiger partial charge in [0.25, 0.3) is 0 Å². The van der Waals surface area contributed by atoms with Crippen molar-refractivity contribution in [2.45, 2.75) is 5.41 Å². The number of halogens is 2. The lowest BCUT2D eigenvalue weighted by Gasteiger charge is -2.34. The van der Waals surface area contributed by atoms with Crippen molar-refractivity contribution in [2.75, 3.05) is 0 Å². The zero-order chi connectivity index (χ0) is 29.2. The van der Waals surface area contributed by atoms with E-state index in [-0.39, 0.29) is 0 Å². The lowest BCUT2D eigenvalue weighted by Crippen LogP contribution is -2.28. The van der Waals surface area contributed by atoms with Gasteiger partial charge in [-0.05, 0) is 93.0 Å². The second-order valence-electron chi connectivity index (χ2n) is 10.6. The Morgan fingerprint density at radius 3 is 1.19 bits per heavy atom. The Kier molecular flexibility index (Phi) is 7.48. The third kappa shape index (κ3) is 5.22. The summed E-state index contributed by atoms with van der Waals surface area (Å²) in [6.45, 7) is 0. The van der Waals surface area contributed by atoms with Crippen molar-refractivity contribution in [1.29, 1.82) is 0 Å². The van der Waals surface area contributed by atoms with Gasteiger partial charge >= 0.3 is 0 Å². The Morgan fingerprint density at radius 1 is 0.419 bits per heavy atom. The fourth-order valence-electron chi connectivity index (χ4n) is 6.01.